The molecule has 88 valence electrons. The summed E-state index contributed by atoms with van der Waals surface area (Å²) in [6.07, 6.45) is 0. The molecule has 0 spiro atoms. The summed E-state index contributed by atoms with van der Waals surface area (Å²) in [5, 5.41) is 0. The van der Waals surface area contributed by atoms with Gasteiger partial charge >= 0.3 is 0 Å². The van der Waals surface area contributed by atoms with E-state index in [4.69, 9.17) is 8.54 Å². The first-order chi connectivity index (χ1) is 6.12. The van der Waals surface area contributed by atoms with Gasteiger partial charge in [0, 0.05) is 6.61 Å². The topological polar surface area (TPSA) is 18.5 Å². The van der Waals surface area contributed by atoms with Crippen LogP contribution >= 0.6 is 0 Å². The van der Waals surface area contributed by atoms with Gasteiger partial charge in [0.1, 0.15) is 9.76 Å². The molecule has 0 aliphatic heterocycles. The van der Waals surface area contributed by atoms with E-state index in [1.807, 2.05) is 6.92 Å². The minimum absolute atomic E-state index is 0.128. The van der Waals surface area contributed by atoms with Crippen LogP contribution in [0.1, 0.15) is 6.92 Å². The van der Waals surface area contributed by atoms with Crippen molar-refractivity contribution in [2.45, 2.75) is 52.8 Å². The SMILES string of the molecule is CCO[Si](C)(C)C.C[SiH2]O[Si](C)(C)C. The van der Waals surface area contributed by atoms with Crippen molar-refractivity contribution in [1.29, 1.82) is 0 Å². The Labute approximate surface area is 94.6 Å². The zero-order valence-electron chi connectivity index (χ0n) is 11.2. The van der Waals surface area contributed by atoms with E-state index in [-0.39, 0.29) is 9.76 Å². The van der Waals surface area contributed by atoms with Gasteiger partial charge in [0.05, 0.1) is 0 Å². The molecule has 0 N–H and O–H groups in total. The Morgan fingerprint density at radius 3 is 1.36 bits per heavy atom. The lowest BCUT2D eigenvalue weighted by molar-refractivity contribution is 0.334. The van der Waals surface area contributed by atoms with E-state index in [0.29, 0.717) is 0 Å². The highest BCUT2D eigenvalue weighted by Gasteiger charge is 2.11. The zero-order chi connectivity index (χ0) is 11.8. The molecule has 0 saturated heterocycles. The Bertz CT molecular complexity index is 111. The molecule has 0 radical (unpaired) electrons. The van der Waals surface area contributed by atoms with Gasteiger partial charge in [-0.3, -0.25) is 0 Å². The number of hydrogen-bond acceptors (Lipinski definition) is 2. The van der Waals surface area contributed by atoms with Crippen molar-refractivity contribution in [3.63, 3.8) is 0 Å². The maximum atomic E-state index is 5.51. The number of hydrogen-bond donors (Lipinski definition) is 0. The highest BCUT2D eigenvalue weighted by molar-refractivity contribution is 6.73. The Morgan fingerprint density at radius 2 is 1.36 bits per heavy atom. The molecular formula is C9H28O2Si3. The summed E-state index contributed by atoms with van der Waals surface area (Å²) in [7, 11) is -2.38. The molecule has 0 atom stereocenters. The van der Waals surface area contributed by atoms with Crippen molar-refractivity contribution in [2.75, 3.05) is 6.61 Å². The van der Waals surface area contributed by atoms with Crippen LogP contribution in [0.15, 0.2) is 0 Å². The third kappa shape index (κ3) is 22.9. The van der Waals surface area contributed by atoms with Crippen molar-refractivity contribution in [3.05, 3.63) is 0 Å². The van der Waals surface area contributed by atoms with E-state index < -0.39 is 16.6 Å². The first kappa shape index (κ1) is 17.0. The van der Waals surface area contributed by atoms with Gasteiger partial charge in [-0.25, -0.2) is 0 Å². The maximum absolute atomic E-state index is 5.51. The third-order valence-electron chi connectivity index (χ3n) is 1.15. The van der Waals surface area contributed by atoms with Crippen LogP contribution in [0.3, 0.4) is 0 Å². The highest BCUT2D eigenvalue weighted by Crippen LogP contribution is 2.00. The fourth-order valence-corrected chi connectivity index (χ4v) is 5.20. The molecule has 0 bridgehead atoms. The molecule has 0 aromatic carbocycles. The van der Waals surface area contributed by atoms with E-state index in [1.165, 1.54) is 0 Å². The highest BCUT2D eigenvalue weighted by atomic mass is 28.4. The normalized spacial score (nSPS) is 12.9. The van der Waals surface area contributed by atoms with Gasteiger partial charge in [0.15, 0.2) is 16.6 Å². The van der Waals surface area contributed by atoms with Crippen molar-refractivity contribution >= 4 is 26.4 Å². The Balaban J connectivity index is 0. The van der Waals surface area contributed by atoms with E-state index in [1.54, 1.807) is 0 Å². The van der Waals surface area contributed by atoms with E-state index >= 15 is 0 Å². The Kier molecular flexibility index (Phi) is 9.47. The van der Waals surface area contributed by atoms with Crippen molar-refractivity contribution in [2.24, 2.45) is 0 Å². The molecule has 0 aromatic rings. The molecule has 0 heterocycles. The standard InChI is InChI=1S/C5H14OSi.C4H14OSi2/c1-5-6-7(2,3)4;1-6-5-7(2,3)4/h5H2,1-4H3;6H2,1-4H3. The maximum Gasteiger partial charge on any atom is 0.183 e. The summed E-state index contributed by atoms with van der Waals surface area (Å²) in [6.45, 7) is 18.3. The zero-order valence-corrected chi connectivity index (χ0v) is 14.6. The van der Waals surface area contributed by atoms with Crippen LogP contribution in [0.2, 0.25) is 45.8 Å². The summed E-state index contributed by atoms with van der Waals surface area (Å²) in [6, 6.07) is 0. The first-order valence-electron chi connectivity index (χ1n) is 5.40. The summed E-state index contributed by atoms with van der Waals surface area (Å²) in [4.78, 5) is 0. The van der Waals surface area contributed by atoms with Crippen LogP contribution in [-0.4, -0.2) is 33.0 Å². The molecule has 5 heteroatoms. The second kappa shape index (κ2) is 7.81. The van der Waals surface area contributed by atoms with Crippen molar-refractivity contribution in [1.82, 2.24) is 0 Å². The molecule has 0 amide bonds. The molecule has 0 aliphatic carbocycles. The molecular weight excluding hydrogens is 224 g/mol. The quantitative estimate of drug-likeness (QED) is 0.717. The molecule has 0 saturated carbocycles. The average molecular weight is 253 g/mol. The molecule has 14 heavy (non-hydrogen) atoms. The van der Waals surface area contributed by atoms with Crippen LogP contribution in [0.4, 0.5) is 0 Å². The minimum atomic E-state index is -1.16. The molecule has 0 aromatic heterocycles. The van der Waals surface area contributed by atoms with E-state index in [0.717, 1.165) is 6.61 Å². The average Bonchev–Trinajstić information content (AvgIpc) is 1.81. The van der Waals surface area contributed by atoms with Gasteiger partial charge in [0.25, 0.3) is 0 Å². The van der Waals surface area contributed by atoms with Crippen LogP contribution in [0.25, 0.3) is 0 Å². The minimum Gasteiger partial charge on any atom is -0.461 e. The lowest BCUT2D eigenvalue weighted by Gasteiger charge is -2.14. The van der Waals surface area contributed by atoms with Crippen LogP contribution in [0.5, 0.6) is 0 Å². The summed E-state index contributed by atoms with van der Waals surface area (Å²) in [5.74, 6) is 0. The van der Waals surface area contributed by atoms with Gasteiger partial charge in [-0.2, -0.15) is 0 Å². The first-order valence-corrected chi connectivity index (χ1v) is 14.2. The largest absolute Gasteiger partial charge is 0.461 e. The van der Waals surface area contributed by atoms with Gasteiger partial charge in [0.2, 0.25) is 0 Å². The van der Waals surface area contributed by atoms with Crippen LogP contribution < -0.4 is 0 Å². The summed E-state index contributed by atoms with van der Waals surface area (Å²) < 4.78 is 10.9. The lowest BCUT2D eigenvalue weighted by atomic mass is 10.9. The second-order valence-electron chi connectivity index (χ2n) is 5.09. The molecule has 2 nitrogen and oxygen atoms in total. The predicted octanol–water partition coefficient (Wildman–Crippen LogP) is 2.83. The Morgan fingerprint density at radius 1 is 0.929 bits per heavy atom. The molecule has 0 unspecified atom stereocenters. The monoisotopic (exact) mass is 252 g/mol. The Hall–Kier alpha value is 0.571. The smallest absolute Gasteiger partial charge is 0.183 e. The fraction of sp³-hybridized carbons (Fsp3) is 1.00. The molecule has 0 aliphatic rings. The van der Waals surface area contributed by atoms with Crippen molar-refractivity contribution < 1.29 is 8.54 Å². The number of rotatable bonds is 4. The molecule has 0 fully saturated rings. The summed E-state index contributed by atoms with van der Waals surface area (Å²) >= 11 is 0. The van der Waals surface area contributed by atoms with Gasteiger partial charge in [-0.15, -0.1) is 0 Å². The lowest BCUT2D eigenvalue weighted by Crippen LogP contribution is -2.26. The molecule has 0 rings (SSSR count). The van der Waals surface area contributed by atoms with Gasteiger partial charge < -0.3 is 8.54 Å². The van der Waals surface area contributed by atoms with E-state index in [2.05, 4.69) is 45.8 Å². The fourth-order valence-electron chi connectivity index (χ4n) is 0.866. The van der Waals surface area contributed by atoms with Crippen LogP contribution in [-0.2, 0) is 8.54 Å². The summed E-state index contributed by atoms with van der Waals surface area (Å²) in [5.41, 5.74) is 0. The third-order valence-corrected chi connectivity index (χ3v) is 6.93. The van der Waals surface area contributed by atoms with Crippen molar-refractivity contribution in [3.8, 4) is 0 Å². The van der Waals surface area contributed by atoms with E-state index in [9.17, 15) is 0 Å². The van der Waals surface area contributed by atoms with Gasteiger partial charge in [-0.1, -0.05) is 6.55 Å². The second-order valence-corrected chi connectivity index (χ2v) is 15.6. The van der Waals surface area contributed by atoms with Crippen LogP contribution in [0, 0.1) is 0 Å². The predicted molar refractivity (Wildman–Crippen MR) is 73.8 cm³/mol. The van der Waals surface area contributed by atoms with Gasteiger partial charge in [-0.05, 0) is 46.2 Å².